The van der Waals surface area contributed by atoms with E-state index in [9.17, 15) is 9.18 Å². The zero-order chi connectivity index (χ0) is 13.7. The molecule has 1 aromatic rings. The quantitative estimate of drug-likeness (QED) is 0.901. The van der Waals surface area contributed by atoms with Gasteiger partial charge in [0.15, 0.2) is 0 Å². The second-order valence-corrected chi connectivity index (χ2v) is 5.11. The Balaban J connectivity index is 1.67. The lowest BCUT2D eigenvalue weighted by Crippen LogP contribution is -2.44. The normalized spacial score (nSPS) is 16.6. The summed E-state index contributed by atoms with van der Waals surface area (Å²) in [7, 11) is 0. The SMILES string of the molecule is CC(=O)N1CCC(NCCc2ccc(F)cc2)CC1. The molecule has 0 saturated carbocycles. The van der Waals surface area contributed by atoms with E-state index in [2.05, 4.69) is 5.32 Å². The van der Waals surface area contributed by atoms with Crippen molar-refractivity contribution in [2.45, 2.75) is 32.2 Å². The van der Waals surface area contributed by atoms with Crippen LogP contribution in [0.15, 0.2) is 24.3 Å². The van der Waals surface area contributed by atoms with Crippen LogP contribution in [0.2, 0.25) is 0 Å². The average Bonchev–Trinajstić information content (AvgIpc) is 2.41. The lowest BCUT2D eigenvalue weighted by molar-refractivity contribution is -0.129. The summed E-state index contributed by atoms with van der Waals surface area (Å²) in [5.74, 6) is -0.0157. The fourth-order valence-electron chi connectivity index (χ4n) is 2.47. The van der Waals surface area contributed by atoms with Gasteiger partial charge in [0.2, 0.25) is 5.91 Å². The van der Waals surface area contributed by atoms with Crippen LogP contribution in [0.5, 0.6) is 0 Å². The summed E-state index contributed by atoms with van der Waals surface area (Å²) in [5, 5.41) is 3.51. The minimum absolute atomic E-state index is 0.171. The van der Waals surface area contributed by atoms with E-state index in [1.54, 1.807) is 6.92 Å². The van der Waals surface area contributed by atoms with Crippen molar-refractivity contribution in [2.75, 3.05) is 19.6 Å². The first-order valence-corrected chi connectivity index (χ1v) is 6.88. The van der Waals surface area contributed by atoms with Crippen LogP contribution in [-0.4, -0.2) is 36.5 Å². The first kappa shape index (κ1) is 14.0. The lowest BCUT2D eigenvalue weighted by Gasteiger charge is -2.31. The fourth-order valence-corrected chi connectivity index (χ4v) is 2.47. The van der Waals surface area contributed by atoms with Gasteiger partial charge in [0.1, 0.15) is 5.82 Å². The molecule has 104 valence electrons. The minimum atomic E-state index is -0.187. The number of nitrogens with one attached hydrogen (secondary N) is 1. The second kappa shape index (κ2) is 6.66. The number of hydrogen-bond acceptors (Lipinski definition) is 2. The fraction of sp³-hybridized carbons (Fsp3) is 0.533. The summed E-state index contributed by atoms with van der Waals surface area (Å²) < 4.78 is 12.8. The number of nitrogens with zero attached hydrogens (tertiary/aromatic N) is 1. The topological polar surface area (TPSA) is 32.3 Å². The van der Waals surface area contributed by atoms with Crippen LogP contribution in [0.3, 0.4) is 0 Å². The Morgan fingerprint density at radius 1 is 1.32 bits per heavy atom. The van der Waals surface area contributed by atoms with Crippen LogP contribution in [-0.2, 0) is 11.2 Å². The van der Waals surface area contributed by atoms with Crippen molar-refractivity contribution in [1.82, 2.24) is 10.2 Å². The molecular weight excluding hydrogens is 243 g/mol. The number of carbonyl (C=O) groups excluding carboxylic acids is 1. The number of amides is 1. The molecule has 1 aromatic carbocycles. The van der Waals surface area contributed by atoms with Gasteiger partial charge in [-0.25, -0.2) is 4.39 Å². The van der Waals surface area contributed by atoms with E-state index in [0.29, 0.717) is 6.04 Å². The van der Waals surface area contributed by atoms with Crippen molar-refractivity contribution in [2.24, 2.45) is 0 Å². The highest BCUT2D eigenvalue weighted by atomic mass is 19.1. The molecule has 0 radical (unpaired) electrons. The third-order valence-electron chi connectivity index (χ3n) is 3.70. The van der Waals surface area contributed by atoms with Crippen LogP contribution in [0.1, 0.15) is 25.3 Å². The summed E-state index contributed by atoms with van der Waals surface area (Å²) in [5.41, 5.74) is 1.15. The molecule has 3 nitrogen and oxygen atoms in total. The molecule has 1 heterocycles. The van der Waals surface area contributed by atoms with Gasteiger partial charge in [-0.05, 0) is 43.5 Å². The Morgan fingerprint density at radius 3 is 2.53 bits per heavy atom. The monoisotopic (exact) mass is 264 g/mol. The molecule has 1 fully saturated rings. The summed E-state index contributed by atoms with van der Waals surface area (Å²) in [6.07, 6.45) is 2.94. The summed E-state index contributed by atoms with van der Waals surface area (Å²) in [6, 6.07) is 7.16. The molecule has 0 spiro atoms. The molecule has 0 aliphatic carbocycles. The Kier molecular flexibility index (Phi) is 4.91. The van der Waals surface area contributed by atoms with Crippen LogP contribution in [0, 0.1) is 5.82 Å². The highest BCUT2D eigenvalue weighted by molar-refractivity contribution is 5.73. The maximum atomic E-state index is 12.8. The van der Waals surface area contributed by atoms with E-state index in [1.165, 1.54) is 12.1 Å². The summed E-state index contributed by atoms with van der Waals surface area (Å²) >= 11 is 0. The molecule has 0 unspecified atom stereocenters. The van der Waals surface area contributed by atoms with E-state index in [0.717, 1.165) is 44.5 Å². The van der Waals surface area contributed by atoms with Gasteiger partial charge in [0, 0.05) is 26.1 Å². The van der Waals surface area contributed by atoms with Gasteiger partial charge in [-0.2, -0.15) is 0 Å². The Labute approximate surface area is 113 Å². The Hall–Kier alpha value is -1.42. The van der Waals surface area contributed by atoms with Crippen molar-refractivity contribution in [3.8, 4) is 0 Å². The van der Waals surface area contributed by atoms with Crippen LogP contribution >= 0.6 is 0 Å². The first-order valence-electron chi connectivity index (χ1n) is 6.88. The molecule has 1 saturated heterocycles. The van der Waals surface area contributed by atoms with Crippen molar-refractivity contribution >= 4 is 5.91 Å². The van der Waals surface area contributed by atoms with Crippen LogP contribution in [0.25, 0.3) is 0 Å². The number of likely N-dealkylation sites (tertiary alicyclic amines) is 1. The van der Waals surface area contributed by atoms with Gasteiger partial charge in [-0.1, -0.05) is 12.1 Å². The molecule has 1 aliphatic rings. The van der Waals surface area contributed by atoms with Gasteiger partial charge in [-0.15, -0.1) is 0 Å². The molecule has 1 amide bonds. The predicted molar refractivity (Wildman–Crippen MR) is 73.4 cm³/mol. The maximum Gasteiger partial charge on any atom is 0.219 e. The van der Waals surface area contributed by atoms with E-state index in [4.69, 9.17) is 0 Å². The van der Waals surface area contributed by atoms with Crippen molar-refractivity contribution in [3.05, 3.63) is 35.6 Å². The third kappa shape index (κ3) is 4.31. The molecular formula is C15H21FN2O. The number of rotatable bonds is 4. The van der Waals surface area contributed by atoms with Crippen molar-refractivity contribution in [3.63, 3.8) is 0 Å². The van der Waals surface area contributed by atoms with E-state index in [1.807, 2.05) is 17.0 Å². The van der Waals surface area contributed by atoms with E-state index < -0.39 is 0 Å². The van der Waals surface area contributed by atoms with E-state index >= 15 is 0 Å². The average molecular weight is 264 g/mol. The Morgan fingerprint density at radius 2 is 1.95 bits per heavy atom. The molecule has 19 heavy (non-hydrogen) atoms. The standard InChI is InChI=1S/C15H21FN2O/c1-12(19)18-10-7-15(8-11-18)17-9-6-13-2-4-14(16)5-3-13/h2-5,15,17H,6-11H2,1H3. The largest absolute Gasteiger partial charge is 0.343 e. The molecule has 0 atom stereocenters. The molecule has 1 aliphatic heterocycles. The van der Waals surface area contributed by atoms with Gasteiger partial charge < -0.3 is 10.2 Å². The van der Waals surface area contributed by atoms with Gasteiger partial charge in [0.25, 0.3) is 0 Å². The third-order valence-corrected chi connectivity index (χ3v) is 3.70. The number of halogens is 1. The van der Waals surface area contributed by atoms with Crippen LogP contribution in [0.4, 0.5) is 4.39 Å². The smallest absolute Gasteiger partial charge is 0.219 e. The second-order valence-electron chi connectivity index (χ2n) is 5.11. The zero-order valence-electron chi connectivity index (χ0n) is 11.4. The molecule has 4 heteroatoms. The minimum Gasteiger partial charge on any atom is -0.343 e. The van der Waals surface area contributed by atoms with Crippen molar-refractivity contribution in [1.29, 1.82) is 0 Å². The number of piperidine rings is 1. The van der Waals surface area contributed by atoms with E-state index in [-0.39, 0.29) is 11.7 Å². The highest BCUT2D eigenvalue weighted by Gasteiger charge is 2.19. The molecule has 2 rings (SSSR count). The molecule has 0 bridgehead atoms. The molecule has 0 aromatic heterocycles. The van der Waals surface area contributed by atoms with Crippen molar-refractivity contribution < 1.29 is 9.18 Å². The maximum absolute atomic E-state index is 12.8. The summed E-state index contributed by atoms with van der Waals surface area (Å²) in [6.45, 7) is 4.23. The van der Waals surface area contributed by atoms with Crippen LogP contribution < -0.4 is 5.32 Å². The lowest BCUT2D eigenvalue weighted by atomic mass is 10.0. The van der Waals surface area contributed by atoms with Gasteiger partial charge in [-0.3, -0.25) is 4.79 Å². The molecule has 1 N–H and O–H groups in total. The first-order chi connectivity index (χ1) is 9.15. The van der Waals surface area contributed by atoms with Gasteiger partial charge in [0.05, 0.1) is 0 Å². The number of carbonyl (C=O) groups is 1. The predicted octanol–water partition coefficient (Wildman–Crippen LogP) is 1.97. The number of hydrogen-bond donors (Lipinski definition) is 1. The summed E-state index contributed by atoms with van der Waals surface area (Å²) in [4.78, 5) is 13.1. The highest BCUT2D eigenvalue weighted by Crippen LogP contribution is 2.10. The zero-order valence-corrected chi connectivity index (χ0v) is 11.4. The van der Waals surface area contributed by atoms with Gasteiger partial charge >= 0.3 is 0 Å². The Bertz CT molecular complexity index is 411. The number of benzene rings is 1.